The van der Waals surface area contributed by atoms with Crippen molar-refractivity contribution in [3.8, 4) is 28.6 Å². The monoisotopic (exact) mass is 378 g/mol. The molecule has 28 heavy (non-hydrogen) atoms. The zero-order valence-electron chi connectivity index (χ0n) is 15.6. The molecule has 1 aromatic carbocycles. The van der Waals surface area contributed by atoms with Crippen LogP contribution in [0.1, 0.15) is 12.8 Å². The van der Waals surface area contributed by atoms with Crippen LogP contribution in [0.15, 0.2) is 36.7 Å². The van der Waals surface area contributed by atoms with E-state index in [0.717, 1.165) is 41.4 Å². The number of nitrogens with one attached hydrogen (secondary N) is 1. The van der Waals surface area contributed by atoms with E-state index in [9.17, 15) is 0 Å². The molecule has 7 heteroatoms. The van der Waals surface area contributed by atoms with Gasteiger partial charge in [0, 0.05) is 30.4 Å². The molecule has 0 bridgehead atoms. The molecule has 0 amide bonds. The summed E-state index contributed by atoms with van der Waals surface area (Å²) in [6.07, 6.45) is 5.70. The molecule has 2 aromatic heterocycles. The molecular formula is C21H22N4O3. The molecule has 7 nitrogen and oxygen atoms in total. The fourth-order valence-electron chi connectivity index (χ4n) is 3.66. The molecule has 2 aliphatic rings. The Kier molecular flexibility index (Phi) is 4.66. The Bertz CT molecular complexity index is 989. The summed E-state index contributed by atoms with van der Waals surface area (Å²) in [5.74, 6) is 2.51. The Morgan fingerprint density at radius 1 is 1.07 bits per heavy atom. The first-order valence-electron chi connectivity index (χ1n) is 9.72. The number of piperidine rings is 1. The Morgan fingerprint density at radius 2 is 1.96 bits per heavy atom. The second-order valence-electron chi connectivity index (χ2n) is 7.12. The van der Waals surface area contributed by atoms with Gasteiger partial charge in [-0.1, -0.05) is 0 Å². The zero-order chi connectivity index (χ0) is 18.8. The number of nitrogens with zero attached hydrogens (tertiary/aromatic N) is 3. The smallest absolute Gasteiger partial charge is 0.242 e. The Morgan fingerprint density at radius 3 is 2.86 bits per heavy atom. The number of rotatable bonds is 4. The van der Waals surface area contributed by atoms with Crippen molar-refractivity contribution < 1.29 is 14.2 Å². The molecule has 2 aliphatic heterocycles. The quantitative estimate of drug-likeness (QED) is 0.748. The van der Waals surface area contributed by atoms with Crippen LogP contribution in [0.25, 0.3) is 22.3 Å². The second kappa shape index (κ2) is 7.59. The maximum absolute atomic E-state index is 6.12. The van der Waals surface area contributed by atoms with Gasteiger partial charge in [0.05, 0.1) is 17.8 Å². The van der Waals surface area contributed by atoms with Crippen molar-refractivity contribution in [2.75, 3.05) is 32.9 Å². The van der Waals surface area contributed by atoms with Gasteiger partial charge in [0.15, 0.2) is 17.0 Å². The van der Waals surface area contributed by atoms with Gasteiger partial charge < -0.3 is 19.5 Å². The highest BCUT2D eigenvalue weighted by molar-refractivity contribution is 5.83. The van der Waals surface area contributed by atoms with Crippen molar-refractivity contribution >= 4 is 11.0 Å². The lowest BCUT2D eigenvalue weighted by Crippen LogP contribution is -2.33. The summed E-state index contributed by atoms with van der Waals surface area (Å²) in [5, 5.41) is 3.42. The first-order chi connectivity index (χ1) is 13.9. The lowest BCUT2D eigenvalue weighted by atomic mass is 10.0. The van der Waals surface area contributed by atoms with Crippen molar-refractivity contribution in [2.45, 2.75) is 12.8 Å². The fourth-order valence-corrected chi connectivity index (χ4v) is 3.66. The van der Waals surface area contributed by atoms with E-state index in [1.807, 2.05) is 24.3 Å². The van der Waals surface area contributed by atoms with Gasteiger partial charge in [-0.05, 0) is 43.7 Å². The molecule has 0 saturated carbocycles. The van der Waals surface area contributed by atoms with Crippen molar-refractivity contribution in [1.29, 1.82) is 0 Å². The third-order valence-corrected chi connectivity index (χ3v) is 5.12. The van der Waals surface area contributed by atoms with Gasteiger partial charge in [-0.15, -0.1) is 0 Å². The van der Waals surface area contributed by atoms with E-state index in [1.54, 1.807) is 12.4 Å². The van der Waals surface area contributed by atoms with E-state index in [0.29, 0.717) is 37.1 Å². The largest absolute Gasteiger partial charge is 0.486 e. The molecule has 144 valence electrons. The average molecular weight is 378 g/mol. The first-order valence-corrected chi connectivity index (χ1v) is 9.72. The minimum absolute atomic E-state index is 0.486. The number of benzene rings is 1. The van der Waals surface area contributed by atoms with Crippen molar-refractivity contribution in [1.82, 2.24) is 20.3 Å². The van der Waals surface area contributed by atoms with E-state index < -0.39 is 0 Å². The molecule has 0 aliphatic carbocycles. The van der Waals surface area contributed by atoms with E-state index >= 15 is 0 Å². The van der Waals surface area contributed by atoms with Crippen LogP contribution in [0.5, 0.6) is 17.4 Å². The van der Waals surface area contributed by atoms with Gasteiger partial charge in [0.1, 0.15) is 13.2 Å². The number of ether oxygens (including phenoxy) is 3. The summed E-state index contributed by atoms with van der Waals surface area (Å²) in [7, 11) is 0. The third-order valence-electron chi connectivity index (χ3n) is 5.12. The molecule has 3 aromatic rings. The lowest BCUT2D eigenvalue weighted by molar-refractivity contribution is 0.171. The van der Waals surface area contributed by atoms with E-state index in [4.69, 9.17) is 19.2 Å². The third kappa shape index (κ3) is 3.45. The summed E-state index contributed by atoms with van der Waals surface area (Å²) in [6.45, 7) is 3.81. The molecule has 1 N–H and O–H groups in total. The highest BCUT2D eigenvalue weighted by Crippen LogP contribution is 2.35. The Labute approximate surface area is 163 Å². The van der Waals surface area contributed by atoms with Gasteiger partial charge in [0.25, 0.3) is 0 Å². The van der Waals surface area contributed by atoms with Crippen molar-refractivity contribution in [3.05, 3.63) is 36.7 Å². The molecule has 1 fully saturated rings. The van der Waals surface area contributed by atoms with Crippen LogP contribution in [-0.2, 0) is 0 Å². The summed E-state index contributed by atoms with van der Waals surface area (Å²) in [4.78, 5) is 13.7. The molecule has 0 unspecified atom stereocenters. The summed E-state index contributed by atoms with van der Waals surface area (Å²) >= 11 is 0. The van der Waals surface area contributed by atoms with Gasteiger partial charge in [0.2, 0.25) is 5.88 Å². The van der Waals surface area contributed by atoms with E-state index in [2.05, 4.69) is 15.3 Å². The van der Waals surface area contributed by atoms with Gasteiger partial charge in [-0.2, -0.15) is 0 Å². The van der Waals surface area contributed by atoms with Crippen LogP contribution in [-0.4, -0.2) is 47.9 Å². The summed E-state index contributed by atoms with van der Waals surface area (Å²) < 4.78 is 17.5. The Balaban J connectivity index is 1.49. The van der Waals surface area contributed by atoms with Gasteiger partial charge in [-0.25, -0.2) is 9.97 Å². The fraction of sp³-hybridized carbons (Fsp3) is 0.381. The summed E-state index contributed by atoms with van der Waals surface area (Å²) in [6, 6.07) is 7.78. The number of aromatic nitrogens is 3. The molecular weight excluding hydrogens is 356 g/mol. The van der Waals surface area contributed by atoms with Gasteiger partial charge >= 0.3 is 0 Å². The van der Waals surface area contributed by atoms with Crippen LogP contribution in [0.3, 0.4) is 0 Å². The van der Waals surface area contributed by atoms with Crippen LogP contribution < -0.4 is 19.5 Å². The molecule has 0 radical (unpaired) electrons. The number of fused-ring (bicyclic) bond motifs is 2. The van der Waals surface area contributed by atoms with E-state index in [1.165, 1.54) is 12.8 Å². The van der Waals surface area contributed by atoms with Crippen LogP contribution in [0.4, 0.5) is 0 Å². The standard InChI is InChI=1S/C21H22N4O3/c1-2-14(12-22-5-1)13-28-21-20-17(23-6-7-24-20)11-16(25-21)15-3-4-18-19(10-15)27-9-8-26-18/h3-4,6-7,10-11,14,22H,1-2,5,8-9,12-13H2/t14-/m0/s1. The van der Waals surface area contributed by atoms with E-state index in [-0.39, 0.29) is 0 Å². The molecule has 1 saturated heterocycles. The van der Waals surface area contributed by atoms with Crippen LogP contribution in [0.2, 0.25) is 0 Å². The Hall–Kier alpha value is -2.93. The number of hydrogen-bond donors (Lipinski definition) is 1. The lowest BCUT2D eigenvalue weighted by Gasteiger charge is -2.22. The SMILES string of the molecule is c1cnc2c(OC[C@H]3CCCNC3)nc(-c3ccc4c(c3)OCCO4)cc2n1. The van der Waals surface area contributed by atoms with Crippen molar-refractivity contribution in [2.24, 2.45) is 5.92 Å². The minimum Gasteiger partial charge on any atom is -0.486 e. The maximum Gasteiger partial charge on any atom is 0.242 e. The highest BCUT2D eigenvalue weighted by atomic mass is 16.6. The maximum atomic E-state index is 6.12. The average Bonchev–Trinajstić information content (AvgIpc) is 2.77. The topological polar surface area (TPSA) is 78.4 Å². The minimum atomic E-state index is 0.486. The van der Waals surface area contributed by atoms with Crippen molar-refractivity contribution in [3.63, 3.8) is 0 Å². The molecule has 5 rings (SSSR count). The highest BCUT2D eigenvalue weighted by Gasteiger charge is 2.18. The molecule has 0 spiro atoms. The zero-order valence-corrected chi connectivity index (χ0v) is 15.6. The predicted molar refractivity (Wildman–Crippen MR) is 105 cm³/mol. The summed E-state index contributed by atoms with van der Waals surface area (Å²) in [5.41, 5.74) is 3.16. The molecule has 1 atom stereocenters. The number of hydrogen-bond acceptors (Lipinski definition) is 7. The van der Waals surface area contributed by atoms with Gasteiger partial charge in [-0.3, -0.25) is 4.98 Å². The molecule has 4 heterocycles. The predicted octanol–water partition coefficient (Wildman–Crippen LogP) is 2.84. The number of pyridine rings is 1. The normalized spacial score (nSPS) is 18.8. The first kappa shape index (κ1) is 17.2. The van der Waals surface area contributed by atoms with Crippen LogP contribution >= 0.6 is 0 Å². The second-order valence-corrected chi connectivity index (χ2v) is 7.12. The van der Waals surface area contributed by atoms with Crippen LogP contribution in [0, 0.1) is 5.92 Å².